The highest BCUT2D eigenvalue weighted by molar-refractivity contribution is 7.92. The predicted octanol–water partition coefficient (Wildman–Crippen LogP) is 3.65. The van der Waals surface area contributed by atoms with Gasteiger partial charge in [-0.05, 0) is 49.2 Å². The van der Waals surface area contributed by atoms with E-state index in [1.54, 1.807) is 36.4 Å². The molecule has 24 heavy (non-hydrogen) atoms. The second-order valence-electron chi connectivity index (χ2n) is 5.82. The summed E-state index contributed by atoms with van der Waals surface area (Å²) in [6, 6.07) is 9.89. The van der Waals surface area contributed by atoms with Crippen LogP contribution in [0.5, 0.6) is 0 Å². The number of hydrogen-bond acceptors (Lipinski definition) is 4. The first-order valence-corrected chi connectivity index (χ1v) is 9.47. The average molecular weight is 345 g/mol. The van der Waals surface area contributed by atoms with Crippen molar-refractivity contribution in [3.8, 4) is 0 Å². The maximum atomic E-state index is 12.6. The fourth-order valence-corrected chi connectivity index (χ4v) is 4.77. The standard InChI is InChI=1S/C18H19NO4S/c20-18(11-10-15-6-4-12-23-15)19-14-5-3-9-17(13-14)24(21,22)16-7-1-2-8-16/h3-6,9-13,16H,1-2,7-8H2,(H,19,20)/b11-10+. The third-order valence-corrected chi connectivity index (χ3v) is 6.37. The number of anilines is 1. The second kappa shape index (κ2) is 7.05. The molecule has 0 spiro atoms. The largest absolute Gasteiger partial charge is 0.465 e. The quantitative estimate of drug-likeness (QED) is 0.839. The molecule has 0 aliphatic heterocycles. The van der Waals surface area contributed by atoms with Crippen molar-refractivity contribution in [3.05, 3.63) is 54.5 Å². The summed E-state index contributed by atoms with van der Waals surface area (Å²) in [5, 5.41) is 2.37. The van der Waals surface area contributed by atoms with Gasteiger partial charge in [-0.2, -0.15) is 0 Å². The van der Waals surface area contributed by atoms with Crippen LogP contribution < -0.4 is 5.32 Å². The minimum Gasteiger partial charge on any atom is -0.465 e. The fourth-order valence-electron chi connectivity index (χ4n) is 2.87. The van der Waals surface area contributed by atoms with E-state index in [-0.39, 0.29) is 16.1 Å². The summed E-state index contributed by atoms with van der Waals surface area (Å²) in [7, 11) is -3.33. The van der Waals surface area contributed by atoms with E-state index in [1.807, 2.05) is 0 Å². The van der Waals surface area contributed by atoms with Crippen LogP contribution in [0.2, 0.25) is 0 Å². The average Bonchev–Trinajstić information content (AvgIpc) is 3.27. The smallest absolute Gasteiger partial charge is 0.248 e. The van der Waals surface area contributed by atoms with Crippen LogP contribution in [0.1, 0.15) is 31.4 Å². The van der Waals surface area contributed by atoms with Crippen LogP contribution in [-0.4, -0.2) is 19.6 Å². The highest BCUT2D eigenvalue weighted by Crippen LogP contribution is 2.30. The normalized spacial score (nSPS) is 15.8. The van der Waals surface area contributed by atoms with Crippen LogP contribution in [-0.2, 0) is 14.6 Å². The molecule has 1 aromatic heterocycles. The van der Waals surface area contributed by atoms with Crippen molar-refractivity contribution in [1.29, 1.82) is 0 Å². The van der Waals surface area contributed by atoms with Crippen molar-refractivity contribution >= 4 is 27.5 Å². The topological polar surface area (TPSA) is 76.4 Å². The molecular weight excluding hydrogens is 326 g/mol. The number of amides is 1. The summed E-state index contributed by atoms with van der Waals surface area (Å²) in [6.07, 6.45) is 7.76. The number of furan rings is 1. The monoisotopic (exact) mass is 345 g/mol. The maximum absolute atomic E-state index is 12.6. The number of carbonyl (C=O) groups is 1. The summed E-state index contributed by atoms with van der Waals surface area (Å²) < 4.78 is 30.3. The Balaban J connectivity index is 1.72. The van der Waals surface area contributed by atoms with E-state index < -0.39 is 9.84 Å². The number of carbonyl (C=O) groups excluding carboxylic acids is 1. The van der Waals surface area contributed by atoms with Crippen molar-refractivity contribution in [2.75, 3.05) is 5.32 Å². The van der Waals surface area contributed by atoms with Crippen LogP contribution in [0.15, 0.2) is 58.1 Å². The summed E-state index contributed by atoms with van der Waals surface area (Å²) >= 11 is 0. The fraction of sp³-hybridized carbons (Fsp3) is 0.278. The van der Waals surface area contributed by atoms with Gasteiger partial charge in [0.1, 0.15) is 5.76 Å². The Hall–Kier alpha value is -2.34. The molecule has 126 valence electrons. The Kier molecular flexibility index (Phi) is 4.85. The van der Waals surface area contributed by atoms with Crippen LogP contribution in [0, 0.1) is 0 Å². The minimum atomic E-state index is -3.33. The first-order valence-electron chi connectivity index (χ1n) is 7.92. The number of hydrogen-bond donors (Lipinski definition) is 1. The molecule has 1 heterocycles. The van der Waals surface area contributed by atoms with Gasteiger partial charge in [-0.1, -0.05) is 18.9 Å². The van der Waals surface area contributed by atoms with Crippen molar-refractivity contribution < 1.29 is 17.6 Å². The molecule has 1 aliphatic carbocycles. The third kappa shape index (κ3) is 3.76. The Morgan fingerprint density at radius 1 is 1.17 bits per heavy atom. The van der Waals surface area contributed by atoms with E-state index in [4.69, 9.17) is 4.42 Å². The van der Waals surface area contributed by atoms with Crippen LogP contribution in [0.3, 0.4) is 0 Å². The molecule has 2 aromatic rings. The van der Waals surface area contributed by atoms with Gasteiger partial charge in [0.25, 0.3) is 0 Å². The van der Waals surface area contributed by atoms with E-state index in [0.717, 1.165) is 12.8 Å². The van der Waals surface area contributed by atoms with Gasteiger partial charge in [0.2, 0.25) is 5.91 Å². The molecule has 0 atom stereocenters. The molecule has 5 nitrogen and oxygen atoms in total. The van der Waals surface area contributed by atoms with Crippen molar-refractivity contribution in [2.24, 2.45) is 0 Å². The lowest BCUT2D eigenvalue weighted by molar-refractivity contribution is -0.111. The lowest BCUT2D eigenvalue weighted by atomic mass is 10.3. The molecule has 0 saturated heterocycles. The lowest BCUT2D eigenvalue weighted by Gasteiger charge is -2.12. The molecule has 0 unspecified atom stereocenters. The Morgan fingerprint density at radius 3 is 2.67 bits per heavy atom. The van der Waals surface area contributed by atoms with Crippen molar-refractivity contribution in [1.82, 2.24) is 0 Å². The molecule has 1 fully saturated rings. The van der Waals surface area contributed by atoms with Crippen LogP contribution >= 0.6 is 0 Å². The molecule has 1 N–H and O–H groups in total. The first kappa shape index (κ1) is 16.5. The van der Waals surface area contributed by atoms with E-state index in [0.29, 0.717) is 24.3 Å². The van der Waals surface area contributed by atoms with E-state index >= 15 is 0 Å². The molecule has 3 rings (SSSR count). The zero-order valence-corrected chi connectivity index (χ0v) is 14.0. The summed E-state index contributed by atoms with van der Waals surface area (Å²) in [5.74, 6) is 0.226. The Bertz CT molecular complexity index is 832. The van der Waals surface area contributed by atoms with Crippen molar-refractivity contribution in [3.63, 3.8) is 0 Å². The van der Waals surface area contributed by atoms with Gasteiger partial charge in [0.15, 0.2) is 9.84 Å². The van der Waals surface area contributed by atoms with Gasteiger partial charge in [-0.25, -0.2) is 8.42 Å². The molecule has 0 radical (unpaired) electrons. The van der Waals surface area contributed by atoms with Crippen molar-refractivity contribution in [2.45, 2.75) is 35.8 Å². The molecule has 6 heteroatoms. The molecule has 1 aliphatic rings. The number of nitrogens with one attached hydrogen (secondary N) is 1. The molecule has 1 aromatic carbocycles. The summed E-state index contributed by atoms with van der Waals surface area (Å²) in [4.78, 5) is 12.2. The first-order chi connectivity index (χ1) is 11.6. The van der Waals surface area contributed by atoms with Gasteiger partial charge in [-0.15, -0.1) is 0 Å². The van der Waals surface area contributed by atoms with Gasteiger partial charge in [-0.3, -0.25) is 4.79 Å². The predicted molar refractivity (Wildman–Crippen MR) is 92.3 cm³/mol. The summed E-state index contributed by atoms with van der Waals surface area (Å²) in [5.41, 5.74) is 0.461. The van der Waals surface area contributed by atoms with Gasteiger partial charge in [0.05, 0.1) is 16.4 Å². The van der Waals surface area contributed by atoms with Gasteiger partial charge >= 0.3 is 0 Å². The Morgan fingerprint density at radius 2 is 1.96 bits per heavy atom. The SMILES string of the molecule is O=C(/C=C/c1ccco1)Nc1cccc(S(=O)(=O)C2CCCC2)c1. The third-order valence-electron chi connectivity index (χ3n) is 4.11. The van der Waals surface area contributed by atoms with E-state index in [1.165, 1.54) is 18.4 Å². The Labute approximate surface area is 141 Å². The lowest BCUT2D eigenvalue weighted by Crippen LogP contribution is -2.18. The molecule has 1 amide bonds. The zero-order valence-electron chi connectivity index (χ0n) is 13.1. The molecule has 0 bridgehead atoms. The number of benzene rings is 1. The molecule has 1 saturated carbocycles. The maximum Gasteiger partial charge on any atom is 0.248 e. The highest BCUT2D eigenvalue weighted by Gasteiger charge is 2.30. The van der Waals surface area contributed by atoms with E-state index in [2.05, 4.69) is 5.32 Å². The molecular formula is C18H19NO4S. The highest BCUT2D eigenvalue weighted by atomic mass is 32.2. The van der Waals surface area contributed by atoms with Gasteiger partial charge < -0.3 is 9.73 Å². The second-order valence-corrected chi connectivity index (χ2v) is 8.05. The van der Waals surface area contributed by atoms with E-state index in [9.17, 15) is 13.2 Å². The van der Waals surface area contributed by atoms with Crippen LogP contribution in [0.4, 0.5) is 5.69 Å². The minimum absolute atomic E-state index is 0.266. The zero-order chi connectivity index (χ0) is 17.0. The van der Waals surface area contributed by atoms with Crippen LogP contribution in [0.25, 0.3) is 6.08 Å². The number of rotatable bonds is 5. The summed E-state index contributed by atoms with van der Waals surface area (Å²) in [6.45, 7) is 0. The number of sulfone groups is 1. The van der Waals surface area contributed by atoms with Gasteiger partial charge in [0, 0.05) is 11.8 Å².